The number of carbonyl (C=O) groups excluding carboxylic acids is 2. The Morgan fingerprint density at radius 3 is 2.67 bits per heavy atom. The van der Waals surface area contributed by atoms with E-state index in [2.05, 4.69) is 4.98 Å². The number of carbonyl (C=O) groups is 2. The highest BCUT2D eigenvalue weighted by Crippen LogP contribution is 2.44. The number of likely N-dealkylation sites (tertiary alicyclic amines) is 1. The lowest BCUT2D eigenvalue weighted by Gasteiger charge is -2.43. The van der Waals surface area contributed by atoms with Crippen LogP contribution in [0.1, 0.15) is 38.5 Å². The summed E-state index contributed by atoms with van der Waals surface area (Å²) in [6, 6.07) is 3.69. The molecule has 128 valence electrons. The lowest BCUT2D eigenvalue weighted by atomic mass is 9.76. The van der Waals surface area contributed by atoms with Crippen molar-refractivity contribution in [3.63, 3.8) is 0 Å². The molecule has 0 unspecified atom stereocenters. The molecule has 1 spiro atoms. The van der Waals surface area contributed by atoms with Crippen LogP contribution >= 0.6 is 0 Å². The van der Waals surface area contributed by atoms with E-state index in [1.807, 2.05) is 12.1 Å². The van der Waals surface area contributed by atoms with Gasteiger partial charge in [-0.3, -0.25) is 14.6 Å². The van der Waals surface area contributed by atoms with Gasteiger partial charge in [0.15, 0.2) is 5.67 Å². The maximum Gasteiger partial charge on any atom is 0.260 e. The van der Waals surface area contributed by atoms with E-state index < -0.39 is 17.0 Å². The second kappa shape index (κ2) is 5.53. The van der Waals surface area contributed by atoms with Crippen molar-refractivity contribution in [3.8, 4) is 0 Å². The molecule has 5 nitrogen and oxygen atoms in total. The summed E-state index contributed by atoms with van der Waals surface area (Å²) in [6.45, 7) is 1.55. The van der Waals surface area contributed by atoms with Crippen molar-refractivity contribution in [1.82, 2.24) is 9.88 Å². The molecule has 6 heteroatoms. The molecule has 1 aromatic rings. The number of hydrogen-bond donors (Lipinski definition) is 0. The van der Waals surface area contributed by atoms with Gasteiger partial charge < -0.3 is 9.80 Å². The van der Waals surface area contributed by atoms with Crippen molar-refractivity contribution in [1.29, 1.82) is 0 Å². The molecular weight excluding hydrogens is 309 g/mol. The first-order chi connectivity index (χ1) is 11.5. The van der Waals surface area contributed by atoms with Gasteiger partial charge in [-0.15, -0.1) is 0 Å². The molecule has 24 heavy (non-hydrogen) atoms. The minimum absolute atomic E-state index is 0.0505. The number of aromatic nitrogens is 1. The third kappa shape index (κ3) is 2.31. The number of nitrogens with zero attached hydrogens (tertiary/aromatic N) is 3. The standard InChI is InChI=1S/C18H22FN3O2/c19-18(6-2-7-18)16(24)21-10-3-5-17(13-21)8-11-22(15(17)23)14-4-1-9-20-12-14/h1,4,9,12H,2-3,5-8,10-11,13H2/t17-/m1/s1. The first-order valence-corrected chi connectivity index (χ1v) is 8.74. The quantitative estimate of drug-likeness (QED) is 0.836. The third-order valence-corrected chi connectivity index (χ3v) is 5.86. The molecule has 0 radical (unpaired) electrons. The molecule has 0 N–H and O–H groups in total. The Kier molecular flexibility index (Phi) is 3.58. The van der Waals surface area contributed by atoms with Crippen molar-refractivity contribution in [2.75, 3.05) is 24.5 Å². The van der Waals surface area contributed by atoms with Gasteiger partial charge in [-0.25, -0.2) is 4.39 Å². The number of anilines is 1. The summed E-state index contributed by atoms with van der Waals surface area (Å²) in [4.78, 5) is 33.0. The summed E-state index contributed by atoms with van der Waals surface area (Å²) >= 11 is 0. The maximum absolute atomic E-state index is 14.5. The maximum atomic E-state index is 14.5. The first kappa shape index (κ1) is 15.5. The second-order valence-corrected chi connectivity index (χ2v) is 7.35. The summed E-state index contributed by atoms with van der Waals surface area (Å²) in [5.74, 6) is -0.352. The predicted molar refractivity (Wildman–Crippen MR) is 87.1 cm³/mol. The van der Waals surface area contributed by atoms with Crippen LogP contribution in [0.2, 0.25) is 0 Å². The van der Waals surface area contributed by atoms with Gasteiger partial charge in [-0.2, -0.15) is 0 Å². The summed E-state index contributed by atoms with van der Waals surface area (Å²) in [6.07, 6.45) is 7.03. The van der Waals surface area contributed by atoms with E-state index in [0.717, 1.165) is 24.9 Å². The molecule has 1 aliphatic carbocycles. The van der Waals surface area contributed by atoms with Crippen LogP contribution in [-0.2, 0) is 9.59 Å². The number of pyridine rings is 1. The summed E-state index contributed by atoms with van der Waals surface area (Å²) < 4.78 is 14.5. The van der Waals surface area contributed by atoms with Gasteiger partial charge in [0.2, 0.25) is 5.91 Å². The van der Waals surface area contributed by atoms with E-state index in [0.29, 0.717) is 38.9 Å². The van der Waals surface area contributed by atoms with Crippen LogP contribution in [0.5, 0.6) is 0 Å². The van der Waals surface area contributed by atoms with E-state index in [1.165, 1.54) is 0 Å². The smallest absolute Gasteiger partial charge is 0.260 e. The van der Waals surface area contributed by atoms with Crippen molar-refractivity contribution in [2.45, 2.75) is 44.2 Å². The summed E-state index contributed by atoms with van der Waals surface area (Å²) in [7, 11) is 0. The minimum atomic E-state index is -1.68. The first-order valence-electron chi connectivity index (χ1n) is 8.74. The molecule has 0 aromatic carbocycles. The fourth-order valence-electron chi connectivity index (χ4n) is 4.25. The Morgan fingerprint density at radius 2 is 2.00 bits per heavy atom. The average Bonchev–Trinajstić information content (AvgIpc) is 2.89. The number of halogens is 1. The van der Waals surface area contributed by atoms with Crippen LogP contribution in [-0.4, -0.2) is 47.0 Å². The number of rotatable bonds is 2. The lowest BCUT2D eigenvalue weighted by molar-refractivity contribution is -0.154. The lowest BCUT2D eigenvalue weighted by Crippen LogP contribution is -2.56. The molecule has 3 heterocycles. The fraction of sp³-hybridized carbons (Fsp3) is 0.611. The van der Waals surface area contributed by atoms with Crippen molar-refractivity contribution >= 4 is 17.5 Å². The molecule has 4 rings (SSSR count). The Morgan fingerprint density at radius 1 is 1.17 bits per heavy atom. The molecule has 2 amide bonds. The van der Waals surface area contributed by atoms with Crippen LogP contribution in [0, 0.1) is 5.41 Å². The highest BCUT2D eigenvalue weighted by Gasteiger charge is 2.53. The van der Waals surface area contributed by atoms with Crippen molar-refractivity contribution in [3.05, 3.63) is 24.5 Å². The molecule has 1 atom stereocenters. The number of amides is 2. The van der Waals surface area contributed by atoms with E-state index in [1.54, 1.807) is 22.2 Å². The molecule has 0 bridgehead atoms. The highest BCUT2D eigenvalue weighted by molar-refractivity contribution is 6.00. The Balaban J connectivity index is 1.53. The normalized spacial score (nSPS) is 29.0. The zero-order valence-electron chi connectivity index (χ0n) is 13.7. The second-order valence-electron chi connectivity index (χ2n) is 7.35. The van der Waals surface area contributed by atoms with E-state index in [4.69, 9.17) is 0 Å². The molecule has 3 fully saturated rings. The van der Waals surface area contributed by atoms with E-state index >= 15 is 0 Å². The van der Waals surface area contributed by atoms with Crippen LogP contribution in [0.25, 0.3) is 0 Å². The molecule has 1 aromatic heterocycles. The number of alkyl halides is 1. The van der Waals surface area contributed by atoms with E-state index in [9.17, 15) is 14.0 Å². The fourth-order valence-corrected chi connectivity index (χ4v) is 4.25. The Hall–Kier alpha value is -1.98. The van der Waals surface area contributed by atoms with Crippen molar-refractivity contribution < 1.29 is 14.0 Å². The Labute approximate surface area is 140 Å². The molecule has 2 saturated heterocycles. The van der Waals surface area contributed by atoms with Gasteiger partial charge in [0.05, 0.1) is 17.3 Å². The largest absolute Gasteiger partial charge is 0.339 e. The van der Waals surface area contributed by atoms with Gasteiger partial charge in [-0.1, -0.05) is 0 Å². The summed E-state index contributed by atoms with van der Waals surface area (Å²) in [5, 5.41) is 0. The van der Waals surface area contributed by atoms with Gasteiger partial charge in [0.1, 0.15) is 0 Å². The Bertz CT molecular complexity index is 661. The van der Waals surface area contributed by atoms with Crippen LogP contribution < -0.4 is 4.90 Å². The molecule has 2 aliphatic heterocycles. The van der Waals surface area contributed by atoms with Gasteiger partial charge in [0, 0.05) is 25.8 Å². The van der Waals surface area contributed by atoms with E-state index in [-0.39, 0.29) is 5.91 Å². The topological polar surface area (TPSA) is 53.5 Å². The molecule has 3 aliphatic rings. The zero-order valence-corrected chi connectivity index (χ0v) is 13.7. The van der Waals surface area contributed by atoms with Crippen LogP contribution in [0.3, 0.4) is 0 Å². The monoisotopic (exact) mass is 331 g/mol. The zero-order chi connectivity index (χ0) is 16.8. The highest BCUT2D eigenvalue weighted by atomic mass is 19.1. The number of hydrogen-bond acceptors (Lipinski definition) is 3. The SMILES string of the molecule is O=C(N1CCC[C@@]2(CCN(c3cccnc3)C2=O)C1)C1(F)CCC1. The van der Waals surface area contributed by atoms with Crippen LogP contribution in [0.15, 0.2) is 24.5 Å². The molecular formula is C18H22FN3O2. The molecule has 1 saturated carbocycles. The minimum Gasteiger partial charge on any atom is -0.339 e. The van der Waals surface area contributed by atoms with Gasteiger partial charge in [0.25, 0.3) is 5.91 Å². The average molecular weight is 331 g/mol. The van der Waals surface area contributed by atoms with Gasteiger partial charge >= 0.3 is 0 Å². The summed E-state index contributed by atoms with van der Waals surface area (Å²) in [5.41, 5.74) is -1.43. The van der Waals surface area contributed by atoms with Crippen molar-refractivity contribution in [2.24, 2.45) is 5.41 Å². The van der Waals surface area contributed by atoms with Crippen LogP contribution in [0.4, 0.5) is 10.1 Å². The third-order valence-electron chi connectivity index (χ3n) is 5.86. The number of piperidine rings is 1. The predicted octanol–water partition coefficient (Wildman–Crippen LogP) is 2.32. The van der Waals surface area contributed by atoms with Gasteiger partial charge in [-0.05, 0) is 50.7 Å².